The first kappa shape index (κ1) is 10.2. The van der Waals surface area contributed by atoms with Crippen LogP contribution in [0.5, 0.6) is 0 Å². The molecule has 72 valence electrons. The van der Waals surface area contributed by atoms with Gasteiger partial charge in [0.05, 0.1) is 0 Å². The smallest absolute Gasteiger partial charge is 0.0499 e. The van der Waals surface area contributed by atoms with Gasteiger partial charge in [-0.2, -0.15) is 0 Å². The lowest BCUT2D eigenvalue weighted by Gasteiger charge is -2.14. The molecule has 0 aromatic heterocycles. The molecular weight excluding hydrogens is 170 g/mol. The summed E-state index contributed by atoms with van der Waals surface area (Å²) in [6.07, 6.45) is 5.53. The van der Waals surface area contributed by atoms with E-state index in [1.54, 1.807) is 0 Å². The molecule has 0 radical (unpaired) electrons. The van der Waals surface area contributed by atoms with Gasteiger partial charge >= 0.3 is 0 Å². The van der Waals surface area contributed by atoms with Crippen LogP contribution >= 0.6 is 0 Å². The molecule has 2 nitrogen and oxygen atoms in total. The van der Waals surface area contributed by atoms with Crippen molar-refractivity contribution in [1.82, 2.24) is 0 Å². The van der Waals surface area contributed by atoms with Crippen LogP contribution in [0.15, 0.2) is 0 Å². The lowest BCUT2D eigenvalue weighted by atomic mass is 10.3. The molecule has 12 heavy (non-hydrogen) atoms. The molecule has 0 aromatic rings. The zero-order valence-electron chi connectivity index (χ0n) is 7.79. The van der Waals surface area contributed by atoms with Crippen LogP contribution in [0, 0.1) is 0 Å². The largest absolute Gasteiger partial charge is 0.327 e. The van der Waals surface area contributed by atoms with Crippen molar-refractivity contribution in [3.63, 3.8) is 0 Å². The Balaban J connectivity index is 2.30. The summed E-state index contributed by atoms with van der Waals surface area (Å²) in [7, 11) is -0.650. The topological polar surface area (TPSA) is 43.1 Å². The van der Waals surface area contributed by atoms with Crippen LogP contribution in [-0.4, -0.2) is 21.3 Å². The maximum Gasteiger partial charge on any atom is 0.0499 e. The minimum Gasteiger partial charge on any atom is -0.327 e. The van der Waals surface area contributed by atoms with Gasteiger partial charge in [-0.05, 0) is 19.3 Å². The summed E-state index contributed by atoms with van der Waals surface area (Å²) in [5, 5.41) is 0.302. The quantitative estimate of drug-likeness (QED) is 0.726. The summed E-state index contributed by atoms with van der Waals surface area (Å²) in [5.41, 5.74) is 5.86. The zero-order valence-corrected chi connectivity index (χ0v) is 8.61. The van der Waals surface area contributed by atoms with Gasteiger partial charge in [0.2, 0.25) is 0 Å². The van der Waals surface area contributed by atoms with Crippen molar-refractivity contribution in [3.05, 3.63) is 0 Å². The van der Waals surface area contributed by atoms with Gasteiger partial charge in [0.15, 0.2) is 0 Å². The minimum absolute atomic E-state index is 0.211. The van der Waals surface area contributed by atoms with Crippen LogP contribution in [-0.2, 0) is 10.8 Å². The van der Waals surface area contributed by atoms with Crippen molar-refractivity contribution in [2.24, 2.45) is 5.73 Å². The number of hydrogen-bond donors (Lipinski definition) is 1. The molecule has 0 saturated heterocycles. The number of rotatable bonds is 4. The van der Waals surface area contributed by atoms with E-state index in [0.717, 1.165) is 31.4 Å². The Kier molecular flexibility index (Phi) is 4.22. The van der Waals surface area contributed by atoms with Gasteiger partial charge in [-0.3, -0.25) is 4.21 Å². The van der Waals surface area contributed by atoms with E-state index < -0.39 is 10.8 Å². The van der Waals surface area contributed by atoms with Gasteiger partial charge in [0.25, 0.3) is 0 Å². The fraction of sp³-hybridized carbons (Fsp3) is 1.00. The van der Waals surface area contributed by atoms with Crippen molar-refractivity contribution in [2.45, 2.75) is 50.3 Å². The summed E-state index contributed by atoms with van der Waals surface area (Å²) in [5.74, 6) is 0.856. The fourth-order valence-electron chi connectivity index (χ4n) is 1.72. The van der Waals surface area contributed by atoms with Gasteiger partial charge in [-0.15, -0.1) is 0 Å². The first-order chi connectivity index (χ1) is 5.75. The Morgan fingerprint density at radius 2 is 2.25 bits per heavy atom. The summed E-state index contributed by atoms with van der Waals surface area (Å²) in [6.45, 7) is 2.13. The third-order valence-corrected chi connectivity index (χ3v) is 4.49. The van der Waals surface area contributed by atoms with E-state index in [2.05, 4.69) is 6.92 Å². The minimum atomic E-state index is -0.650. The van der Waals surface area contributed by atoms with Crippen molar-refractivity contribution in [1.29, 1.82) is 0 Å². The second kappa shape index (κ2) is 4.97. The average Bonchev–Trinajstić information content (AvgIpc) is 2.47. The predicted octanol–water partition coefficient (Wildman–Crippen LogP) is 1.42. The molecule has 1 aliphatic rings. The van der Waals surface area contributed by atoms with Crippen LogP contribution in [0.25, 0.3) is 0 Å². The molecule has 0 heterocycles. The Morgan fingerprint density at radius 1 is 1.50 bits per heavy atom. The van der Waals surface area contributed by atoms with E-state index in [1.165, 1.54) is 6.42 Å². The predicted molar refractivity (Wildman–Crippen MR) is 53.5 cm³/mol. The van der Waals surface area contributed by atoms with E-state index in [1.807, 2.05) is 0 Å². The third-order valence-electron chi connectivity index (χ3n) is 2.54. The maximum atomic E-state index is 11.6. The molecule has 0 aromatic carbocycles. The monoisotopic (exact) mass is 189 g/mol. The SMILES string of the molecule is CCCCS(=O)C1CCCC1N. The lowest BCUT2D eigenvalue weighted by molar-refractivity contribution is 0.645. The van der Waals surface area contributed by atoms with E-state index in [9.17, 15) is 4.21 Å². The molecule has 1 saturated carbocycles. The van der Waals surface area contributed by atoms with Gasteiger partial charge in [0.1, 0.15) is 0 Å². The molecule has 3 heteroatoms. The lowest BCUT2D eigenvalue weighted by Crippen LogP contribution is -2.33. The molecule has 3 unspecified atom stereocenters. The van der Waals surface area contributed by atoms with Gasteiger partial charge in [-0.25, -0.2) is 0 Å². The standard InChI is InChI=1S/C9H19NOS/c1-2-3-7-12(11)9-6-4-5-8(9)10/h8-9H,2-7,10H2,1H3. The molecule has 0 spiro atoms. The van der Waals surface area contributed by atoms with Crippen LogP contribution in [0.1, 0.15) is 39.0 Å². The summed E-state index contributed by atoms with van der Waals surface area (Å²) in [6, 6.07) is 0.211. The average molecular weight is 189 g/mol. The van der Waals surface area contributed by atoms with Gasteiger partial charge < -0.3 is 5.73 Å². The third kappa shape index (κ3) is 2.56. The van der Waals surface area contributed by atoms with E-state index >= 15 is 0 Å². The highest BCUT2D eigenvalue weighted by molar-refractivity contribution is 7.85. The highest BCUT2D eigenvalue weighted by atomic mass is 32.2. The van der Waals surface area contributed by atoms with Gasteiger partial charge in [0, 0.05) is 27.8 Å². The first-order valence-corrected chi connectivity index (χ1v) is 6.26. The molecular formula is C9H19NOS. The second-order valence-corrected chi connectivity index (χ2v) is 5.35. The first-order valence-electron chi connectivity index (χ1n) is 4.88. The van der Waals surface area contributed by atoms with Crippen LogP contribution in [0.3, 0.4) is 0 Å². The molecule has 0 aliphatic heterocycles. The Bertz CT molecular complexity index is 161. The molecule has 0 bridgehead atoms. The molecule has 1 fully saturated rings. The Labute approximate surface area is 77.4 Å². The summed E-state index contributed by atoms with van der Waals surface area (Å²) >= 11 is 0. The molecule has 0 amide bonds. The van der Waals surface area contributed by atoms with Crippen molar-refractivity contribution < 1.29 is 4.21 Å². The molecule has 2 N–H and O–H groups in total. The Hall–Kier alpha value is 0.110. The highest BCUT2D eigenvalue weighted by Gasteiger charge is 2.28. The van der Waals surface area contributed by atoms with E-state index in [0.29, 0.717) is 5.25 Å². The maximum absolute atomic E-state index is 11.6. The molecule has 1 aliphatic carbocycles. The van der Waals surface area contributed by atoms with Crippen LogP contribution < -0.4 is 5.73 Å². The van der Waals surface area contributed by atoms with Crippen LogP contribution in [0.2, 0.25) is 0 Å². The van der Waals surface area contributed by atoms with E-state index in [-0.39, 0.29) is 6.04 Å². The highest BCUT2D eigenvalue weighted by Crippen LogP contribution is 2.22. The number of unbranched alkanes of at least 4 members (excludes halogenated alkanes) is 1. The fourth-order valence-corrected chi connectivity index (χ4v) is 3.55. The van der Waals surface area contributed by atoms with Crippen molar-refractivity contribution in [3.8, 4) is 0 Å². The zero-order chi connectivity index (χ0) is 8.97. The number of hydrogen-bond acceptors (Lipinski definition) is 2. The number of nitrogens with two attached hydrogens (primary N) is 1. The van der Waals surface area contributed by atoms with Crippen molar-refractivity contribution in [2.75, 3.05) is 5.75 Å². The second-order valence-electron chi connectivity index (χ2n) is 3.57. The Morgan fingerprint density at radius 3 is 2.75 bits per heavy atom. The van der Waals surface area contributed by atoms with Crippen molar-refractivity contribution >= 4 is 10.8 Å². The van der Waals surface area contributed by atoms with Crippen LogP contribution in [0.4, 0.5) is 0 Å². The molecule has 1 rings (SSSR count). The molecule has 3 atom stereocenters. The summed E-state index contributed by atoms with van der Waals surface area (Å²) in [4.78, 5) is 0. The van der Waals surface area contributed by atoms with E-state index in [4.69, 9.17) is 5.73 Å². The van der Waals surface area contributed by atoms with Gasteiger partial charge in [-0.1, -0.05) is 19.8 Å². The summed E-state index contributed by atoms with van der Waals surface area (Å²) < 4.78 is 11.6. The normalized spacial score (nSPS) is 32.2.